The first-order valence-corrected chi connectivity index (χ1v) is 5.91. The highest BCUT2D eigenvalue weighted by molar-refractivity contribution is 6.49. The van der Waals surface area contributed by atoms with Gasteiger partial charge in [0.25, 0.3) is 0 Å². The highest BCUT2D eigenvalue weighted by Gasteiger charge is 2.50. The van der Waals surface area contributed by atoms with Crippen molar-refractivity contribution in [2.45, 2.75) is 10.4 Å². The van der Waals surface area contributed by atoms with Gasteiger partial charge < -0.3 is 4.74 Å². The maximum atomic E-state index is 6.25. The van der Waals surface area contributed by atoms with Crippen molar-refractivity contribution in [3.8, 4) is 0 Å². The normalized spacial score (nSPS) is 29.3. The average Bonchev–Trinajstić information content (AvgIpc) is 2.54. The molecule has 0 amide bonds. The second-order valence-corrected chi connectivity index (χ2v) is 5.25. The summed E-state index contributed by atoms with van der Waals surface area (Å²) in [6.45, 7) is 0.470. The topological polar surface area (TPSA) is 22.1 Å². The fraction of sp³-hybridized carbons (Fsp3) is 0.500. The number of nitrogens with zero attached hydrogens (tertiary/aromatic N) is 1. The first kappa shape index (κ1) is 11.5. The van der Waals surface area contributed by atoms with Crippen molar-refractivity contribution in [3.05, 3.63) is 30.1 Å². The molecule has 1 fully saturated rings. The van der Waals surface area contributed by atoms with E-state index in [1.165, 1.54) is 0 Å². The molecule has 0 saturated carbocycles. The summed E-state index contributed by atoms with van der Waals surface area (Å²) in [5.41, 5.74) is 0.745. The number of alkyl halides is 3. The number of hydrogen-bond donors (Lipinski definition) is 0. The minimum atomic E-state index is -0.990. The summed E-state index contributed by atoms with van der Waals surface area (Å²) in [4.78, 5) is 4.19. The number of rotatable bonds is 2. The quantitative estimate of drug-likeness (QED) is 0.767. The molecule has 0 spiro atoms. The van der Waals surface area contributed by atoms with Gasteiger partial charge in [0.15, 0.2) is 4.33 Å². The third-order valence-corrected chi connectivity index (χ3v) is 3.89. The van der Waals surface area contributed by atoms with Gasteiger partial charge in [-0.15, -0.1) is 11.6 Å². The summed E-state index contributed by atoms with van der Waals surface area (Å²) >= 11 is 18.3. The fourth-order valence-corrected chi connectivity index (χ4v) is 2.73. The van der Waals surface area contributed by atoms with E-state index in [1.807, 2.05) is 18.2 Å². The smallest absolute Gasteiger partial charge is 0.156 e. The van der Waals surface area contributed by atoms with E-state index in [4.69, 9.17) is 39.5 Å². The summed E-state index contributed by atoms with van der Waals surface area (Å²) in [5, 5.41) is 0. The van der Waals surface area contributed by atoms with Gasteiger partial charge in [0, 0.05) is 18.0 Å². The van der Waals surface area contributed by atoms with Gasteiger partial charge in [0.1, 0.15) is 6.10 Å². The highest BCUT2D eigenvalue weighted by Crippen LogP contribution is 2.49. The molecular formula is C10H10Cl3NO. The molecule has 1 aromatic rings. The van der Waals surface area contributed by atoms with Crippen LogP contribution in [0.1, 0.15) is 11.8 Å². The van der Waals surface area contributed by atoms with Crippen molar-refractivity contribution in [1.29, 1.82) is 0 Å². The number of pyridine rings is 1. The lowest BCUT2D eigenvalue weighted by Gasteiger charge is -2.23. The molecule has 0 aromatic carbocycles. The number of ether oxygens (including phenoxy) is 1. The fourth-order valence-electron chi connectivity index (χ4n) is 1.61. The van der Waals surface area contributed by atoms with E-state index in [1.54, 1.807) is 6.20 Å². The average molecular weight is 267 g/mol. The van der Waals surface area contributed by atoms with Gasteiger partial charge in [-0.25, -0.2) is 0 Å². The third kappa shape index (κ3) is 2.09. The second-order valence-electron chi connectivity index (χ2n) is 3.49. The Balaban J connectivity index is 2.26. The molecule has 0 bridgehead atoms. The van der Waals surface area contributed by atoms with Crippen LogP contribution < -0.4 is 0 Å². The Kier molecular flexibility index (Phi) is 3.41. The van der Waals surface area contributed by atoms with Crippen LogP contribution in [0.2, 0.25) is 0 Å². The minimum Gasteiger partial charge on any atom is -0.368 e. The van der Waals surface area contributed by atoms with E-state index in [9.17, 15) is 0 Å². The molecule has 0 aliphatic carbocycles. The Hall–Kier alpha value is -0.0200. The van der Waals surface area contributed by atoms with Crippen LogP contribution in [0.4, 0.5) is 0 Å². The molecule has 82 valence electrons. The van der Waals surface area contributed by atoms with E-state index < -0.39 is 10.4 Å². The molecule has 1 aliphatic heterocycles. The molecule has 2 atom stereocenters. The molecule has 1 saturated heterocycles. The van der Waals surface area contributed by atoms with E-state index in [0.29, 0.717) is 12.5 Å². The van der Waals surface area contributed by atoms with Crippen LogP contribution in [0, 0.1) is 5.92 Å². The summed E-state index contributed by atoms with van der Waals surface area (Å²) in [6.07, 6.45) is 1.29. The highest BCUT2D eigenvalue weighted by atomic mass is 35.5. The van der Waals surface area contributed by atoms with Crippen LogP contribution in [0.15, 0.2) is 24.4 Å². The molecule has 2 heterocycles. The molecule has 2 nitrogen and oxygen atoms in total. The third-order valence-electron chi connectivity index (χ3n) is 2.50. The Morgan fingerprint density at radius 1 is 1.47 bits per heavy atom. The van der Waals surface area contributed by atoms with Gasteiger partial charge >= 0.3 is 0 Å². The van der Waals surface area contributed by atoms with Crippen LogP contribution in [-0.2, 0) is 4.74 Å². The van der Waals surface area contributed by atoms with E-state index in [0.717, 1.165) is 5.69 Å². The maximum Gasteiger partial charge on any atom is 0.156 e. The predicted octanol–water partition coefficient (Wildman–Crippen LogP) is 3.18. The van der Waals surface area contributed by atoms with Crippen molar-refractivity contribution in [2.75, 3.05) is 12.5 Å². The molecule has 1 aromatic heterocycles. The summed E-state index contributed by atoms with van der Waals surface area (Å²) in [6, 6.07) is 5.56. The lowest BCUT2D eigenvalue weighted by molar-refractivity contribution is 0.102. The van der Waals surface area contributed by atoms with Gasteiger partial charge in [-0.1, -0.05) is 29.3 Å². The van der Waals surface area contributed by atoms with E-state index in [2.05, 4.69) is 4.98 Å². The van der Waals surface area contributed by atoms with Crippen LogP contribution >= 0.6 is 34.8 Å². The lowest BCUT2D eigenvalue weighted by Crippen LogP contribution is -2.28. The Bertz CT molecular complexity index is 331. The zero-order valence-electron chi connectivity index (χ0n) is 7.87. The van der Waals surface area contributed by atoms with Crippen molar-refractivity contribution < 1.29 is 4.74 Å². The number of aromatic nitrogens is 1. The zero-order chi connectivity index (χ0) is 10.9. The van der Waals surface area contributed by atoms with Crippen LogP contribution in [0.5, 0.6) is 0 Å². The second kappa shape index (κ2) is 4.46. The lowest BCUT2D eigenvalue weighted by atomic mass is 10.0. The van der Waals surface area contributed by atoms with Crippen molar-refractivity contribution in [2.24, 2.45) is 5.92 Å². The Labute approximate surface area is 103 Å². The number of halogens is 3. The molecular weight excluding hydrogens is 256 g/mol. The minimum absolute atomic E-state index is 0.0606. The van der Waals surface area contributed by atoms with E-state index in [-0.39, 0.29) is 5.92 Å². The monoisotopic (exact) mass is 265 g/mol. The van der Waals surface area contributed by atoms with Gasteiger partial charge in [-0.2, -0.15) is 0 Å². The molecule has 15 heavy (non-hydrogen) atoms. The van der Waals surface area contributed by atoms with Gasteiger partial charge in [0.05, 0.1) is 12.3 Å². The largest absolute Gasteiger partial charge is 0.368 e. The molecule has 0 N–H and O–H groups in total. The van der Waals surface area contributed by atoms with Crippen LogP contribution in [-0.4, -0.2) is 21.8 Å². The summed E-state index contributed by atoms with van der Waals surface area (Å²) < 4.78 is 4.56. The van der Waals surface area contributed by atoms with Crippen LogP contribution in [0.3, 0.4) is 0 Å². The van der Waals surface area contributed by atoms with Gasteiger partial charge in [0.2, 0.25) is 0 Å². The molecule has 2 rings (SSSR count). The molecule has 0 radical (unpaired) electrons. The maximum absolute atomic E-state index is 6.25. The van der Waals surface area contributed by atoms with Gasteiger partial charge in [-0.05, 0) is 12.1 Å². The first-order chi connectivity index (χ1) is 7.16. The Morgan fingerprint density at radius 2 is 2.27 bits per heavy atom. The Morgan fingerprint density at radius 3 is 2.80 bits per heavy atom. The van der Waals surface area contributed by atoms with Crippen LogP contribution in [0.25, 0.3) is 0 Å². The SMILES string of the molecule is ClC[C@@H]1COC(c2ccccn2)C1(Cl)Cl. The summed E-state index contributed by atoms with van der Waals surface area (Å²) in [7, 11) is 0. The predicted molar refractivity (Wildman–Crippen MR) is 61.6 cm³/mol. The van der Waals surface area contributed by atoms with Gasteiger partial charge in [-0.3, -0.25) is 4.98 Å². The van der Waals surface area contributed by atoms with Crippen molar-refractivity contribution in [3.63, 3.8) is 0 Å². The van der Waals surface area contributed by atoms with Crippen molar-refractivity contribution >= 4 is 34.8 Å². The first-order valence-electron chi connectivity index (χ1n) is 4.62. The van der Waals surface area contributed by atoms with E-state index >= 15 is 0 Å². The molecule has 1 unspecified atom stereocenters. The standard InChI is InChI=1S/C10H10Cl3NO/c11-5-7-6-15-9(10(7,12)13)8-3-1-2-4-14-8/h1-4,7,9H,5-6H2/t7-,9?/m1/s1. The molecule has 1 aliphatic rings. The number of hydrogen-bond acceptors (Lipinski definition) is 2. The zero-order valence-corrected chi connectivity index (χ0v) is 10.1. The van der Waals surface area contributed by atoms with Crippen molar-refractivity contribution in [1.82, 2.24) is 4.98 Å². The molecule has 5 heteroatoms. The summed E-state index contributed by atoms with van der Waals surface area (Å²) in [5.74, 6) is 0.325.